The highest BCUT2D eigenvalue weighted by molar-refractivity contribution is 6.35. The Morgan fingerprint density at radius 3 is 2.70 bits per heavy atom. The van der Waals surface area contributed by atoms with Crippen molar-refractivity contribution < 1.29 is 14.3 Å². The zero-order chi connectivity index (χ0) is 16.5. The molecule has 0 aromatic heterocycles. The fourth-order valence-corrected chi connectivity index (χ4v) is 2.58. The second kappa shape index (κ2) is 8.92. The van der Waals surface area contributed by atoms with Gasteiger partial charge in [0.25, 0.3) is 0 Å². The average molecular weight is 317 g/mol. The molecule has 2 rings (SSSR count). The first kappa shape index (κ1) is 17.0. The Morgan fingerprint density at radius 1 is 1.22 bits per heavy atom. The molecule has 1 fully saturated rings. The lowest BCUT2D eigenvalue weighted by Crippen LogP contribution is -2.44. The molecular weight excluding hydrogens is 294 g/mol. The maximum atomic E-state index is 11.8. The van der Waals surface area contributed by atoms with E-state index in [2.05, 4.69) is 15.8 Å². The third kappa shape index (κ3) is 5.39. The van der Waals surface area contributed by atoms with Gasteiger partial charge >= 0.3 is 11.8 Å². The van der Waals surface area contributed by atoms with Crippen LogP contribution >= 0.6 is 0 Å². The molecule has 1 aliphatic rings. The molecule has 2 amide bonds. The van der Waals surface area contributed by atoms with Crippen LogP contribution in [0.2, 0.25) is 0 Å². The van der Waals surface area contributed by atoms with E-state index in [1.54, 1.807) is 0 Å². The summed E-state index contributed by atoms with van der Waals surface area (Å²) in [5.74, 6) is -0.701. The molecule has 1 aliphatic carbocycles. The number of nitrogens with one attached hydrogen (secondary N) is 2. The number of benzene rings is 1. The fraction of sp³-hybridized carbons (Fsp3) is 0.471. The van der Waals surface area contributed by atoms with Crippen LogP contribution in [0.4, 0.5) is 0 Å². The first-order valence-corrected chi connectivity index (χ1v) is 8.06. The quantitative estimate of drug-likeness (QED) is 0.495. The van der Waals surface area contributed by atoms with Gasteiger partial charge in [-0.2, -0.15) is 5.10 Å². The van der Waals surface area contributed by atoms with Gasteiger partial charge in [0.1, 0.15) is 5.75 Å². The lowest BCUT2D eigenvalue weighted by molar-refractivity contribution is -0.139. The van der Waals surface area contributed by atoms with Crippen molar-refractivity contribution in [3.05, 3.63) is 29.8 Å². The Labute approximate surface area is 136 Å². The summed E-state index contributed by atoms with van der Waals surface area (Å²) in [6, 6.07) is 7.45. The first-order valence-electron chi connectivity index (χ1n) is 8.06. The van der Waals surface area contributed by atoms with Crippen molar-refractivity contribution in [2.45, 2.75) is 45.1 Å². The number of hydrogen-bond donors (Lipinski definition) is 2. The molecule has 0 bridgehead atoms. The summed E-state index contributed by atoms with van der Waals surface area (Å²) in [5.41, 5.74) is 2.99. The highest BCUT2D eigenvalue weighted by Gasteiger charge is 2.19. The highest BCUT2D eigenvalue weighted by Crippen LogP contribution is 2.17. The predicted octanol–water partition coefficient (Wildman–Crippen LogP) is 1.98. The number of amides is 2. The number of rotatable bonds is 5. The molecule has 2 N–H and O–H groups in total. The third-order valence-electron chi connectivity index (χ3n) is 3.74. The first-order chi connectivity index (χ1) is 11.2. The van der Waals surface area contributed by atoms with Crippen LogP contribution in [0.5, 0.6) is 5.75 Å². The van der Waals surface area contributed by atoms with Gasteiger partial charge in [0.2, 0.25) is 0 Å². The monoisotopic (exact) mass is 317 g/mol. The van der Waals surface area contributed by atoms with E-state index in [9.17, 15) is 9.59 Å². The molecule has 23 heavy (non-hydrogen) atoms. The van der Waals surface area contributed by atoms with E-state index in [4.69, 9.17) is 4.74 Å². The van der Waals surface area contributed by atoms with E-state index >= 15 is 0 Å². The van der Waals surface area contributed by atoms with Gasteiger partial charge in [-0.1, -0.05) is 31.4 Å². The van der Waals surface area contributed by atoms with Crippen LogP contribution in [0.15, 0.2) is 29.4 Å². The minimum atomic E-state index is -0.749. The molecule has 1 aromatic carbocycles. The summed E-state index contributed by atoms with van der Waals surface area (Å²) in [6.45, 7) is 2.44. The Morgan fingerprint density at radius 2 is 1.96 bits per heavy atom. The van der Waals surface area contributed by atoms with Gasteiger partial charge in [0.05, 0.1) is 12.8 Å². The van der Waals surface area contributed by atoms with Crippen LogP contribution in [0.3, 0.4) is 0 Å². The molecule has 1 aromatic rings. The van der Waals surface area contributed by atoms with Crippen LogP contribution < -0.4 is 15.5 Å². The Kier molecular flexibility index (Phi) is 6.59. The number of carbonyl (C=O) groups is 2. The van der Waals surface area contributed by atoms with Gasteiger partial charge in [0, 0.05) is 11.6 Å². The van der Waals surface area contributed by atoms with Crippen molar-refractivity contribution in [2.24, 2.45) is 5.10 Å². The van der Waals surface area contributed by atoms with Crippen LogP contribution in [0.25, 0.3) is 0 Å². The van der Waals surface area contributed by atoms with Crippen molar-refractivity contribution >= 4 is 18.0 Å². The average Bonchev–Trinajstić information content (AvgIpc) is 2.57. The number of para-hydroxylation sites is 1. The Bertz CT molecular complexity index is 566. The van der Waals surface area contributed by atoms with Crippen LogP contribution in [0, 0.1) is 0 Å². The van der Waals surface area contributed by atoms with Crippen molar-refractivity contribution in [3.8, 4) is 5.75 Å². The predicted molar refractivity (Wildman–Crippen MR) is 88.4 cm³/mol. The molecular formula is C17H23N3O3. The van der Waals surface area contributed by atoms with Crippen molar-refractivity contribution in [2.75, 3.05) is 6.61 Å². The van der Waals surface area contributed by atoms with Gasteiger partial charge in [-0.15, -0.1) is 0 Å². The van der Waals surface area contributed by atoms with E-state index in [-0.39, 0.29) is 6.04 Å². The van der Waals surface area contributed by atoms with E-state index in [0.717, 1.165) is 31.2 Å². The van der Waals surface area contributed by atoms with E-state index in [0.29, 0.717) is 12.4 Å². The van der Waals surface area contributed by atoms with Gasteiger partial charge in [-0.25, -0.2) is 5.43 Å². The van der Waals surface area contributed by atoms with E-state index in [1.807, 2.05) is 31.2 Å². The standard InChI is InChI=1S/C17H23N3O3/c1-2-23-15-11-7-6-8-13(15)12-18-20-17(22)16(21)19-14-9-4-3-5-10-14/h6-8,11-12,14H,2-5,9-10H2,1H3,(H,19,21)(H,20,22)/b18-12-. The van der Waals surface area contributed by atoms with Crippen LogP contribution in [-0.2, 0) is 9.59 Å². The van der Waals surface area contributed by atoms with E-state index < -0.39 is 11.8 Å². The number of nitrogens with zero attached hydrogens (tertiary/aromatic N) is 1. The second-order valence-electron chi connectivity index (χ2n) is 5.48. The smallest absolute Gasteiger partial charge is 0.329 e. The molecule has 6 heteroatoms. The largest absolute Gasteiger partial charge is 0.493 e. The molecule has 0 unspecified atom stereocenters. The number of carbonyl (C=O) groups excluding carboxylic acids is 2. The van der Waals surface area contributed by atoms with Crippen LogP contribution in [-0.4, -0.2) is 30.7 Å². The van der Waals surface area contributed by atoms with Gasteiger partial charge in [-0.3, -0.25) is 9.59 Å². The summed E-state index contributed by atoms with van der Waals surface area (Å²) in [6.07, 6.45) is 6.73. The van der Waals surface area contributed by atoms with Gasteiger partial charge in [0.15, 0.2) is 0 Å². The topological polar surface area (TPSA) is 79.8 Å². The van der Waals surface area contributed by atoms with E-state index in [1.165, 1.54) is 12.6 Å². The maximum absolute atomic E-state index is 11.8. The molecule has 0 spiro atoms. The zero-order valence-corrected chi connectivity index (χ0v) is 13.4. The number of hydrazone groups is 1. The van der Waals surface area contributed by atoms with Crippen molar-refractivity contribution in [3.63, 3.8) is 0 Å². The minimum absolute atomic E-state index is 0.102. The minimum Gasteiger partial charge on any atom is -0.493 e. The SMILES string of the molecule is CCOc1ccccc1/C=N\NC(=O)C(=O)NC1CCCCC1. The molecule has 0 heterocycles. The van der Waals surface area contributed by atoms with Crippen LogP contribution in [0.1, 0.15) is 44.6 Å². The molecule has 0 atom stereocenters. The Hall–Kier alpha value is -2.37. The summed E-state index contributed by atoms with van der Waals surface area (Å²) in [7, 11) is 0. The number of ether oxygens (including phenoxy) is 1. The molecule has 0 saturated heterocycles. The van der Waals surface area contributed by atoms with Gasteiger partial charge in [-0.05, 0) is 31.9 Å². The molecule has 6 nitrogen and oxygen atoms in total. The third-order valence-corrected chi connectivity index (χ3v) is 3.74. The molecule has 0 radical (unpaired) electrons. The zero-order valence-electron chi connectivity index (χ0n) is 13.4. The summed E-state index contributed by atoms with van der Waals surface area (Å²) in [4.78, 5) is 23.6. The fourth-order valence-electron chi connectivity index (χ4n) is 2.58. The summed E-state index contributed by atoms with van der Waals surface area (Å²) < 4.78 is 5.46. The molecule has 124 valence electrons. The molecule has 1 saturated carbocycles. The summed E-state index contributed by atoms with van der Waals surface area (Å²) in [5, 5.41) is 6.58. The Balaban J connectivity index is 1.84. The summed E-state index contributed by atoms with van der Waals surface area (Å²) >= 11 is 0. The van der Waals surface area contributed by atoms with Crippen molar-refractivity contribution in [1.82, 2.24) is 10.7 Å². The normalized spacial score (nSPS) is 15.3. The maximum Gasteiger partial charge on any atom is 0.329 e. The molecule has 0 aliphatic heterocycles. The second-order valence-corrected chi connectivity index (χ2v) is 5.48. The lowest BCUT2D eigenvalue weighted by atomic mass is 9.95. The highest BCUT2D eigenvalue weighted by atomic mass is 16.5. The van der Waals surface area contributed by atoms with Gasteiger partial charge < -0.3 is 10.1 Å². The van der Waals surface area contributed by atoms with Crippen molar-refractivity contribution in [1.29, 1.82) is 0 Å². The number of hydrogen-bond acceptors (Lipinski definition) is 4. The lowest BCUT2D eigenvalue weighted by Gasteiger charge is -2.22.